The van der Waals surface area contributed by atoms with Gasteiger partial charge in [0.1, 0.15) is 6.10 Å². The molecule has 1 aromatic rings. The van der Waals surface area contributed by atoms with Gasteiger partial charge in [-0.3, -0.25) is 0 Å². The highest BCUT2D eigenvalue weighted by Crippen LogP contribution is 2.35. The minimum Gasteiger partial charge on any atom is -0.370 e. The molecular formula is C11H19N3O2. The van der Waals surface area contributed by atoms with Gasteiger partial charge in [-0.05, 0) is 25.7 Å². The highest BCUT2D eigenvalue weighted by atomic mass is 16.5. The molecule has 0 bridgehead atoms. The molecule has 1 aromatic heterocycles. The van der Waals surface area contributed by atoms with Crippen LogP contribution < -0.4 is 5.73 Å². The Morgan fingerprint density at radius 2 is 2.19 bits per heavy atom. The number of rotatable bonds is 4. The number of nitrogens with zero attached hydrogens (tertiary/aromatic N) is 2. The molecule has 0 saturated heterocycles. The summed E-state index contributed by atoms with van der Waals surface area (Å²) in [4.78, 5) is 4.08. The third-order valence-electron chi connectivity index (χ3n) is 3.14. The van der Waals surface area contributed by atoms with Gasteiger partial charge in [0.2, 0.25) is 5.82 Å². The van der Waals surface area contributed by atoms with Gasteiger partial charge in [0, 0.05) is 6.61 Å². The second-order valence-corrected chi connectivity index (χ2v) is 4.26. The van der Waals surface area contributed by atoms with Gasteiger partial charge in [0.15, 0.2) is 0 Å². The summed E-state index contributed by atoms with van der Waals surface area (Å²) in [6.45, 7) is 2.65. The first kappa shape index (κ1) is 11.4. The molecule has 0 amide bonds. The largest absolute Gasteiger partial charge is 0.370 e. The Kier molecular flexibility index (Phi) is 3.77. The lowest BCUT2D eigenvalue weighted by molar-refractivity contribution is -0.00145. The molecule has 1 fully saturated rings. The third-order valence-corrected chi connectivity index (χ3v) is 3.14. The first-order chi connectivity index (χ1) is 7.81. The van der Waals surface area contributed by atoms with Crippen LogP contribution in [-0.2, 0) is 4.74 Å². The van der Waals surface area contributed by atoms with Crippen molar-refractivity contribution in [2.24, 2.45) is 5.92 Å². The Hall–Kier alpha value is -1.10. The van der Waals surface area contributed by atoms with Gasteiger partial charge < -0.3 is 15.0 Å². The second kappa shape index (κ2) is 5.30. The van der Waals surface area contributed by atoms with E-state index >= 15 is 0 Å². The molecule has 1 aliphatic carbocycles. The number of hydrogen-bond acceptors (Lipinski definition) is 5. The summed E-state index contributed by atoms with van der Waals surface area (Å²) in [5, 5.41) is 3.87. The molecule has 1 unspecified atom stereocenters. The van der Waals surface area contributed by atoms with E-state index in [9.17, 15) is 0 Å². The van der Waals surface area contributed by atoms with E-state index in [0.717, 1.165) is 0 Å². The minimum absolute atomic E-state index is 0.0497. The number of hydrogen-bond donors (Lipinski definition) is 1. The van der Waals surface area contributed by atoms with Crippen LogP contribution in [0.3, 0.4) is 0 Å². The number of aromatic nitrogens is 2. The Labute approximate surface area is 95.3 Å². The summed E-state index contributed by atoms with van der Waals surface area (Å²) in [5.41, 5.74) is 5.45. The molecule has 90 valence electrons. The van der Waals surface area contributed by atoms with Crippen LogP contribution in [0.25, 0.3) is 0 Å². The molecule has 0 radical (unpaired) electrons. The van der Waals surface area contributed by atoms with Gasteiger partial charge in [0.05, 0.1) is 0 Å². The fourth-order valence-electron chi connectivity index (χ4n) is 2.40. The number of ether oxygens (including phenoxy) is 1. The van der Waals surface area contributed by atoms with Crippen LogP contribution in [0.4, 0.5) is 6.01 Å². The number of anilines is 1. The monoisotopic (exact) mass is 225 g/mol. The number of nitrogen functional groups attached to an aromatic ring is 1. The zero-order valence-electron chi connectivity index (χ0n) is 9.69. The maximum absolute atomic E-state index is 5.74. The molecule has 1 aliphatic rings. The van der Waals surface area contributed by atoms with Crippen LogP contribution in [0, 0.1) is 5.92 Å². The smallest absolute Gasteiger partial charge is 0.318 e. The highest BCUT2D eigenvalue weighted by Gasteiger charge is 2.29. The lowest BCUT2D eigenvalue weighted by atomic mass is 9.85. The Morgan fingerprint density at radius 1 is 1.44 bits per heavy atom. The Morgan fingerprint density at radius 3 is 2.75 bits per heavy atom. The van der Waals surface area contributed by atoms with E-state index in [-0.39, 0.29) is 12.1 Å². The molecule has 5 heteroatoms. The average Bonchev–Trinajstić information content (AvgIpc) is 2.74. The van der Waals surface area contributed by atoms with E-state index in [4.69, 9.17) is 15.0 Å². The van der Waals surface area contributed by atoms with E-state index in [1.807, 2.05) is 6.92 Å². The summed E-state index contributed by atoms with van der Waals surface area (Å²) in [5.74, 6) is 1.11. The molecular weight excluding hydrogens is 206 g/mol. The molecule has 0 spiro atoms. The second-order valence-electron chi connectivity index (χ2n) is 4.26. The molecule has 0 aliphatic heterocycles. The molecule has 1 saturated carbocycles. The Bertz CT molecular complexity index is 321. The normalized spacial score (nSPS) is 19.8. The van der Waals surface area contributed by atoms with Crippen molar-refractivity contribution < 1.29 is 9.26 Å². The van der Waals surface area contributed by atoms with Crippen LogP contribution in [0.2, 0.25) is 0 Å². The zero-order valence-corrected chi connectivity index (χ0v) is 9.69. The molecule has 2 rings (SSSR count). The summed E-state index contributed by atoms with van der Waals surface area (Å²) in [6, 6.07) is 0.121. The van der Waals surface area contributed by atoms with E-state index < -0.39 is 0 Å². The third kappa shape index (κ3) is 2.52. The average molecular weight is 225 g/mol. The van der Waals surface area contributed by atoms with Crippen LogP contribution in [0.1, 0.15) is 51.0 Å². The standard InChI is InChI=1S/C11H19N3O2/c1-2-15-9(8-6-4-3-5-7-8)10-13-11(12)16-14-10/h8-9H,2-7H2,1H3,(H2,12,13,14). The molecule has 1 heterocycles. The van der Waals surface area contributed by atoms with Crippen molar-refractivity contribution in [1.82, 2.24) is 10.1 Å². The molecule has 5 nitrogen and oxygen atoms in total. The van der Waals surface area contributed by atoms with Crippen LogP contribution >= 0.6 is 0 Å². The maximum atomic E-state index is 5.74. The fraction of sp³-hybridized carbons (Fsp3) is 0.818. The summed E-state index contributed by atoms with van der Waals surface area (Å²) < 4.78 is 10.6. The van der Waals surface area contributed by atoms with Gasteiger partial charge in [-0.15, -0.1) is 0 Å². The van der Waals surface area contributed by atoms with Crippen molar-refractivity contribution >= 4 is 6.01 Å². The van der Waals surface area contributed by atoms with Gasteiger partial charge in [-0.1, -0.05) is 24.4 Å². The van der Waals surface area contributed by atoms with Crippen molar-refractivity contribution in [2.75, 3.05) is 12.3 Å². The van der Waals surface area contributed by atoms with E-state index in [1.54, 1.807) is 0 Å². The van der Waals surface area contributed by atoms with E-state index in [0.29, 0.717) is 18.3 Å². The highest BCUT2D eigenvalue weighted by molar-refractivity contribution is 5.09. The predicted octanol–water partition coefficient (Wildman–Crippen LogP) is 2.31. The van der Waals surface area contributed by atoms with Crippen molar-refractivity contribution in [3.05, 3.63) is 5.82 Å². The summed E-state index contributed by atoms with van der Waals surface area (Å²) >= 11 is 0. The Balaban J connectivity index is 2.09. The molecule has 0 aromatic carbocycles. The van der Waals surface area contributed by atoms with Gasteiger partial charge in [-0.25, -0.2) is 0 Å². The van der Waals surface area contributed by atoms with Crippen molar-refractivity contribution in [3.63, 3.8) is 0 Å². The van der Waals surface area contributed by atoms with Gasteiger partial charge in [-0.2, -0.15) is 4.98 Å². The van der Waals surface area contributed by atoms with Crippen molar-refractivity contribution in [2.45, 2.75) is 45.1 Å². The molecule has 1 atom stereocenters. The first-order valence-corrected chi connectivity index (χ1v) is 6.02. The first-order valence-electron chi connectivity index (χ1n) is 6.02. The lowest BCUT2D eigenvalue weighted by Gasteiger charge is -2.27. The SMILES string of the molecule is CCOC(c1noc(N)n1)C1CCCCC1. The predicted molar refractivity (Wildman–Crippen MR) is 59.7 cm³/mol. The van der Waals surface area contributed by atoms with E-state index in [2.05, 4.69) is 10.1 Å². The van der Waals surface area contributed by atoms with E-state index in [1.165, 1.54) is 32.1 Å². The quantitative estimate of drug-likeness (QED) is 0.851. The maximum Gasteiger partial charge on any atom is 0.318 e. The van der Waals surface area contributed by atoms with Crippen molar-refractivity contribution in [3.8, 4) is 0 Å². The summed E-state index contributed by atoms with van der Waals surface area (Å²) in [7, 11) is 0. The van der Waals surface area contributed by atoms with Crippen LogP contribution in [-0.4, -0.2) is 16.7 Å². The number of nitrogens with two attached hydrogens (primary N) is 1. The van der Waals surface area contributed by atoms with Gasteiger partial charge >= 0.3 is 6.01 Å². The van der Waals surface area contributed by atoms with Crippen LogP contribution in [0.5, 0.6) is 0 Å². The van der Waals surface area contributed by atoms with Gasteiger partial charge in [0.25, 0.3) is 0 Å². The lowest BCUT2D eigenvalue weighted by Crippen LogP contribution is -2.20. The fourth-order valence-corrected chi connectivity index (χ4v) is 2.40. The van der Waals surface area contributed by atoms with Crippen molar-refractivity contribution in [1.29, 1.82) is 0 Å². The topological polar surface area (TPSA) is 74.2 Å². The molecule has 2 N–H and O–H groups in total. The minimum atomic E-state index is -0.0497. The summed E-state index contributed by atoms with van der Waals surface area (Å²) in [6.07, 6.45) is 6.16. The molecule has 16 heavy (non-hydrogen) atoms. The zero-order chi connectivity index (χ0) is 11.4. The van der Waals surface area contributed by atoms with Crippen LogP contribution in [0.15, 0.2) is 4.52 Å².